The minimum absolute atomic E-state index is 0.0548. The lowest BCUT2D eigenvalue weighted by atomic mass is 10.1. The highest BCUT2D eigenvalue weighted by Crippen LogP contribution is 2.11. The molecule has 0 radical (unpaired) electrons. The van der Waals surface area contributed by atoms with E-state index in [-0.39, 0.29) is 11.3 Å². The molecule has 0 saturated carbocycles. The summed E-state index contributed by atoms with van der Waals surface area (Å²) in [5.41, 5.74) is 0.0548. The molecule has 1 aromatic rings. The summed E-state index contributed by atoms with van der Waals surface area (Å²) in [4.78, 5) is 1.95. The van der Waals surface area contributed by atoms with Crippen LogP contribution in [0.2, 0.25) is 0 Å². The van der Waals surface area contributed by atoms with Crippen LogP contribution in [0.4, 0.5) is 0 Å². The predicted octanol–water partition coefficient (Wildman–Crippen LogP) is 1.64. The van der Waals surface area contributed by atoms with E-state index >= 15 is 0 Å². The van der Waals surface area contributed by atoms with Crippen LogP contribution in [0.15, 0.2) is 16.5 Å². The molecule has 0 aliphatic carbocycles. The van der Waals surface area contributed by atoms with Gasteiger partial charge in [-0.15, -0.1) is 0 Å². The Kier molecular flexibility index (Phi) is 5.79. The van der Waals surface area contributed by atoms with E-state index in [0.717, 1.165) is 11.5 Å². The zero-order valence-electron chi connectivity index (χ0n) is 13.1. The molecular formula is C14H26N2O3S. The van der Waals surface area contributed by atoms with Crippen LogP contribution in [0.5, 0.6) is 0 Å². The van der Waals surface area contributed by atoms with Crippen molar-refractivity contribution < 1.29 is 12.8 Å². The Labute approximate surface area is 122 Å². The van der Waals surface area contributed by atoms with E-state index in [9.17, 15) is 8.42 Å². The van der Waals surface area contributed by atoms with Gasteiger partial charge in [0.25, 0.3) is 0 Å². The van der Waals surface area contributed by atoms with E-state index in [0.29, 0.717) is 19.6 Å². The van der Waals surface area contributed by atoms with Gasteiger partial charge < -0.3 is 9.73 Å². The van der Waals surface area contributed by atoms with Gasteiger partial charge in [0, 0.05) is 18.3 Å². The zero-order chi connectivity index (χ0) is 15.4. The van der Waals surface area contributed by atoms with Gasteiger partial charge in [-0.25, -0.2) is 8.42 Å². The number of hydrogen-bond acceptors (Lipinski definition) is 5. The van der Waals surface area contributed by atoms with Crippen LogP contribution in [0.1, 0.15) is 32.3 Å². The molecule has 1 N–H and O–H groups in total. The maximum atomic E-state index is 11.1. The van der Waals surface area contributed by atoms with Crippen molar-refractivity contribution in [3.63, 3.8) is 0 Å². The molecule has 0 saturated heterocycles. The van der Waals surface area contributed by atoms with E-state index in [1.807, 2.05) is 24.1 Å². The maximum absolute atomic E-state index is 11.1. The predicted molar refractivity (Wildman–Crippen MR) is 81.3 cm³/mol. The van der Waals surface area contributed by atoms with Crippen molar-refractivity contribution in [1.82, 2.24) is 10.2 Å². The van der Waals surface area contributed by atoms with Gasteiger partial charge >= 0.3 is 0 Å². The summed E-state index contributed by atoms with van der Waals surface area (Å²) in [6.07, 6.45) is 1.25. The molecule has 0 spiro atoms. The van der Waals surface area contributed by atoms with E-state index in [4.69, 9.17) is 4.42 Å². The number of sulfone groups is 1. The first-order chi connectivity index (χ1) is 9.05. The normalized spacial score (nSPS) is 13.1. The summed E-state index contributed by atoms with van der Waals surface area (Å²) < 4.78 is 28.0. The monoisotopic (exact) mass is 302 g/mol. The van der Waals surface area contributed by atoms with Crippen molar-refractivity contribution in [2.45, 2.75) is 39.4 Å². The van der Waals surface area contributed by atoms with Gasteiger partial charge in [0.05, 0.1) is 18.8 Å². The Morgan fingerprint density at radius 2 is 1.85 bits per heavy atom. The van der Waals surface area contributed by atoms with Crippen molar-refractivity contribution in [2.24, 2.45) is 0 Å². The van der Waals surface area contributed by atoms with Crippen molar-refractivity contribution in [2.75, 3.05) is 25.6 Å². The van der Waals surface area contributed by atoms with Crippen molar-refractivity contribution in [3.8, 4) is 0 Å². The van der Waals surface area contributed by atoms with Gasteiger partial charge in [-0.1, -0.05) is 0 Å². The first-order valence-corrected chi connectivity index (χ1v) is 8.80. The highest BCUT2D eigenvalue weighted by molar-refractivity contribution is 7.90. The fraction of sp³-hybridized carbons (Fsp3) is 0.714. The van der Waals surface area contributed by atoms with Gasteiger partial charge in [0.15, 0.2) is 0 Å². The number of nitrogens with zero attached hydrogens (tertiary/aromatic N) is 1. The number of nitrogens with one attached hydrogen (secondary N) is 1. The van der Waals surface area contributed by atoms with Crippen LogP contribution in [0.25, 0.3) is 0 Å². The average molecular weight is 302 g/mol. The molecule has 5 nitrogen and oxygen atoms in total. The molecular weight excluding hydrogens is 276 g/mol. The minimum atomic E-state index is -2.91. The quantitative estimate of drug-likeness (QED) is 0.829. The van der Waals surface area contributed by atoms with Crippen molar-refractivity contribution in [1.29, 1.82) is 0 Å². The summed E-state index contributed by atoms with van der Waals surface area (Å²) in [7, 11) is -1.02. The Hall–Kier alpha value is -0.850. The second-order valence-electron chi connectivity index (χ2n) is 6.34. The first-order valence-electron chi connectivity index (χ1n) is 6.74. The van der Waals surface area contributed by atoms with Crippen LogP contribution >= 0.6 is 0 Å². The second-order valence-corrected chi connectivity index (χ2v) is 8.60. The SMILES string of the molecule is CN(CCS(C)(=O)=O)Cc1ccc(CNC(C)(C)C)o1. The van der Waals surface area contributed by atoms with Gasteiger partial charge in [-0.3, -0.25) is 4.90 Å². The van der Waals surface area contributed by atoms with Crippen LogP contribution < -0.4 is 5.32 Å². The van der Waals surface area contributed by atoms with Crippen molar-refractivity contribution in [3.05, 3.63) is 23.7 Å². The summed E-state index contributed by atoms with van der Waals surface area (Å²) >= 11 is 0. The molecule has 0 amide bonds. The topological polar surface area (TPSA) is 62.6 Å². The lowest BCUT2D eigenvalue weighted by molar-refractivity contribution is 0.299. The van der Waals surface area contributed by atoms with Gasteiger partial charge in [-0.2, -0.15) is 0 Å². The number of hydrogen-bond donors (Lipinski definition) is 1. The highest BCUT2D eigenvalue weighted by atomic mass is 32.2. The fourth-order valence-corrected chi connectivity index (χ4v) is 2.26. The van der Waals surface area contributed by atoms with Gasteiger partial charge in [0.1, 0.15) is 21.4 Å². The largest absolute Gasteiger partial charge is 0.463 e. The van der Waals surface area contributed by atoms with Crippen LogP contribution in [-0.4, -0.2) is 44.5 Å². The summed E-state index contributed by atoms with van der Waals surface area (Å²) in [6, 6.07) is 3.90. The molecule has 1 aromatic heterocycles. The molecule has 1 heterocycles. The molecule has 0 atom stereocenters. The molecule has 116 valence electrons. The fourth-order valence-electron chi connectivity index (χ4n) is 1.62. The molecule has 0 aromatic carbocycles. The first kappa shape index (κ1) is 17.2. The molecule has 1 rings (SSSR count). The van der Waals surface area contributed by atoms with E-state index < -0.39 is 9.84 Å². The number of rotatable bonds is 7. The third-order valence-electron chi connectivity index (χ3n) is 2.78. The zero-order valence-corrected chi connectivity index (χ0v) is 13.9. The van der Waals surface area contributed by atoms with E-state index in [1.54, 1.807) is 0 Å². The summed E-state index contributed by atoms with van der Waals surface area (Å²) in [5, 5.41) is 3.36. The average Bonchev–Trinajstić information content (AvgIpc) is 2.70. The van der Waals surface area contributed by atoms with Crippen molar-refractivity contribution >= 4 is 9.84 Å². The summed E-state index contributed by atoms with van der Waals surface area (Å²) in [6.45, 7) is 8.14. The molecule has 0 aliphatic rings. The lowest BCUT2D eigenvalue weighted by Gasteiger charge is -2.19. The van der Waals surface area contributed by atoms with Gasteiger partial charge in [0.2, 0.25) is 0 Å². The van der Waals surface area contributed by atoms with Crippen LogP contribution in [-0.2, 0) is 22.9 Å². The third-order valence-corrected chi connectivity index (χ3v) is 3.70. The lowest BCUT2D eigenvalue weighted by Crippen LogP contribution is -2.34. The molecule has 0 bridgehead atoms. The van der Waals surface area contributed by atoms with E-state index in [1.165, 1.54) is 6.26 Å². The minimum Gasteiger partial charge on any atom is -0.463 e. The third kappa shape index (κ3) is 7.67. The Bertz CT molecular complexity index is 515. The summed E-state index contributed by atoms with van der Waals surface area (Å²) in [5.74, 6) is 1.92. The second kappa shape index (κ2) is 6.74. The van der Waals surface area contributed by atoms with E-state index in [2.05, 4.69) is 26.1 Å². The Morgan fingerprint density at radius 1 is 1.25 bits per heavy atom. The van der Waals surface area contributed by atoms with Gasteiger partial charge in [-0.05, 0) is 40.0 Å². The number of furan rings is 1. The van der Waals surface area contributed by atoms with Crippen LogP contribution in [0.3, 0.4) is 0 Å². The van der Waals surface area contributed by atoms with Crippen LogP contribution in [0, 0.1) is 0 Å². The maximum Gasteiger partial charge on any atom is 0.148 e. The molecule has 0 unspecified atom stereocenters. The Morgan fingerprint density at radius 3 is 2.40 bits per heavy atom. The highest BCUT2D eigenvalue weighted by Gasteiger charge is 2.11. The smallest absolute Gasteiger partial charge is 0.148 e. The molecule has 0 fully saturated rings. The molecule has 6 heteroatoms. The molecule has 20 heavy (non-hydrogen) atoms. The standard InChI is InChI=1S/C14H26N2O3S/c1-14(2,3)15-10-12-6-7-13(19-12)11-16(4)8-9-20(5,17)18/h6-7,15H,8-11H2,1-5H3. The molecule has 0 aliphatic heterocycles. The Balaban J connectivity index is 2.43.